The van der Waals surface area contributed by atoms with Gasteiger partial charge in [-0.3, -0.25) is 9.79 Å². The third kappa shape index (κ3) is 3.86. The molecule has 7 nitrogen and oxygen atoms in total. The summed E-state index contributed by atoms with van der Waals surface area (Å²) < 4.78 is 47.0. The van der Waals surface area contributed by atoms with E-state index < -0.39 is 35.9 Å². The average molecular weight is 400 g/mol. The molecule has 3 N–H and O–H groups in total. The number of carbonyl (C=O) groups is 1. The minimum atomic E-state index is -3.09. The number of aromatic nitrogens is 2. The Morgan fingerprint density at radius 3 is 2.67 bits per heavy atom. The average Bonchev–Trinajstić information content (AvgIpc) is 2.63. The predicted octanol–water partition coefficient (Wildman–Crippen LogP) is 2.37. The standard InChI is InChI=1S/C16H13ClF3N5O2/c17-8-4-22-13(23-5-8)14(26)24-9-1-2-11(18)10(3-9)16(15(19)20)7-27-6-12(21)25-16/h1-5,15H,6-7H2,(H2,21,25)(H,24,26). The van der Waals surface area contributed by atoms with Gasteiger partial charge in [0.1, 0.15) is 18.3 Å². The van der Waals surface area contributed by atoms with Crippen molar-refractivity contribution in [2.75, 3.05) is 18.5 Å². The number of anilines is 1. The van der Waals surface area contributed by atoms with Crippen LogP contribution in [-0.2, 0) is 10.3 Å². The van der Waals surface area contributed by atoms with Crippen LogP contribution >= 0.6 is 11.6 Å². The van der Waals surface area contributed by atoms with Crippen molar-refractivity contribution >= 4 is 29.0 Å². The number of nitrogens with one attached hydrogen (secondary N) is 1. The molecule has 0 saturated heterocycles. The van der Waals surface area contributed by atoms with E-state index in [0.29, 0.717) is 0 Å². The van der Waals surface area contributed by atoms with Gasteiger partial charge in [-0.1, -0.05) is 11.6 Å². The molecule has 2 heterocycles. The predicted molar refractivity (Wildman–Crippen MR) is 91.5 cm³/mol. The van der Waals surface area contributed by atoms with Gasteiger partial charge in [-0.05, 0) is 18.2 Å². The summed E-state index contributed by atoms with van der Waals surface area (Å²) >= 11 is 5.65. The molecule has 27 heavy (non-hydrogen) atoms. The third-order valence-electron chi connectivity index (χ3n) is 3.79. The number of halogens is 4. The third-order valence-corrected chi connectivity index (χ3v) is 3.99. The van der Waals surface area contributed by atoms with Crippen LogP contribution in [0.2, 0.25) is 5.02 Å². The number of nitrogens with zero attached hydrogens (tertiary/aromatic N) is 3. The Labute approximate surface area is 156 Å². The molecule has 0 saturated carbocycles. The summed E-state index contributed by atoms with van der Waals surface area (Å²) in [5.74, 6) is -2.03. The van der Waals surface area contributed by atoms with Crippen molar-refractivity contribution in [1.29, 1.82) is 0 Å². The number of aliphatic imine (C=N–C) groups is 1. The number of benzene rings is 1. The number of alkyl halides is 2. The highest BCUT2D eigenvalue weighted by atomic mass is 35.5. The topological polar surface area (TPSA) is 102 Å². The zero-order chi connectivity index (χ0) is 19.6. The second-order valence-electron chi connectivity index (χ2n) is 5.69. The Morgan fingerprint density at radius 1 is 1.33 bits per heavy atom. The Hall–Kier alpha value is -2.72. The summed E-state index contributed by atoms with van der Waals surface area (Å²) in [5, 5.41) is 2.65. The van der Waals surface area contributed by atoms with Crippen LogP contribution in [0.3, 0.4) is 0 Å². The fourth-order valence-electron chi connectivity index (χ4n) is 2.55. The Kier molecular flexibility index (Phi) is 5.29. The van der Waals surface area contributed by atoms with Gasteiger partial charge in [-0.15, -0.1) is 0 Å². The number of amides is 1. The fourth-order valence-corrected chi connectivity index (χ4v) is 2.65. The molecule has 1 aromatic heterocycles. The lowest BCUT2D eigenvalue weighted by atomic mass is 9.90. The second-order valence-corrected chi connectivity index (χ2v) is 6.13. The molecule has 0 spiro atoms. The van der Waals surface area contributed by atoms with Crippen LogP contribution in [0.25, 0.3) is 0 Å². The van der Waals surface area contributed by atoms with E-state index in [4.69, 9.17) is 22.1 Å². The van der Waals surface area contributed by atoms with Gasteiger partial charge in [0.25, 0.3) is 12.3 Å². The van der Waals surface area contributed by atoms with E-state index in [1.807, 2.05) is 0 Å². The van der Waals surface area contributed by atoms with Crippen LogP contribution in [0.5, 0.6) is 0 Å². The molecule has 0 bridgehead atoms. The lowest BCUT2D eigenvalue weighted by molar-refractivity contribution is -0.0145. The molecule has 1 aliphatic rings. The molecule has 1 aliphatic heterocycles. The fraction of sp³-hybridized carbons (Fsp3) is 0.250. The van der Waals surface area contributed by atoms with Crippen LogP contribution in [0.4, 0.5) is 18.9 Å². The van der Waals surface area contributed by atoms with Crippen molar-refractivity contribution < 1.29 is 22.7 Å². The summed E-state index contributed by atoms with van der Waals surface area (Å²) in [6.45, 7) is -0.680. The minimum Gasteiger partial charge on any atom is -0.385 e. The molecule has 2 aromatic rings. The Balaban J connectivity index is 1.95. The van der Waals surface area contributed by atoms with Crippen LogP contribution in [0.15, 0.2) is 35.6 Å². The number of carbonyl (C=O) groups excluding carboxylic acids is 1. The van der Waals surface area contributed by atoms with Crippen molar-refractivity contribution in [2.24, 2.45) is 10.7 Å². The van der Waals surface area contributed by atoms with Crippen molar-refractivity contribution in [1.82, 2.24) is 9.97 Å². The molecule has 142 valence electrons. The van der Waals surface area contributed by atoms with Crippen molar-refractivity contribution in [3.63, 3.8) is 0 Å². The normalized spacial score (nSPS) is 19.7. The molecule has 0 fully saturated rings. The maximum atomic E-state index is 14.3. The van der Waals surface area contributed by atoms with Gasteiger partial charge in [0.2, 0.25) is 5.82 Å². The van der Waals surface area contributed by atoms with E-state index in [1.54, 1.807) is 0 Å². The lowest BCUT2D eigenvalue weighted by Crippen LogP contribution is -2.45. The van der Waals surface area contributed by atoms with E-state index in [-0.39, 0.29) is 29.0 Å². The van der Waals surface area contributed by atoms with Crippen LogP contribution in [0.1, 0.15) is 16.2 Å². The van der Waals surface area contributed by atoms with Gasteiger partial charge < -0.3 is 15.8 Å². The maximum Gasteiger partial charge on any atom is 0.293 e. The molecular formula is C16H13ClF3N5O2. The van der Waals surface area contributed by atoms with Crippen molar-refractivity contribution in [3.8, 4) is 0 Å². The van der Waals surface area contributed by atoms with Crippen LogP contribution in [0, 0.1) is 5.82 Å². The molecule has 1 aromatic carbocycles. The smallest absolute Gasteiger partial charge is 0.293 e. The number of amidine groups is 1. The zero-order valence-electron chi connectivity index (χ0n) is 13.6. The molecule has 1 amide bonds. The SMILES string of the molecule is NC1=NC(c2cc(NC(=O)c3ncc(Cl)cn3)ccc2F)(C(F)F)COC1. The largest absolute Gasteiger partial charge is 0.385 e. The van der Waals surface area contributed by atoms with Crippen LogP contribution in [-0.4, -0.2) is 41.3 Å². The van der Waals surface area contributed by atoms with Gasteiger partial charge >= 0.3 is 0 Å². The zero-order valence-corrected chi connectivity index (χ0v) is 14.4. The van der Waals surface area contributed by atoms with Gasteiger partial charge in [0.15, 0.2) is 5.54 Å². The van der Waals surface area contributed by atoms with Gasteiger partial charge in [-0.2, -0.15) is 0 Å². The quantitative estimate of drug-likeness (QED) is 0.821. The maximum absolute atomic E-state index is 14.3. The Morgan fingerprint density at radius 2 is 2.04 bits per heavy atom. The van der Waals surface area contributed by atoms with E-state index >= 15 is 0 Å². The number of hydrogen-bond donors (Lipinski definition) is 2. The number of rotatable bonds is 4. The number of ether oxygens (including phenoxy) is 1. The van der Waals surface area contributed by atoms with Crippen molar-refractivity contribution in [3.05, 3.63) is 52.8 Å². The first-order valence-electron chi connectivity index (χ1n) is 7.61. The summed E-state index contributed by atoms with van der Waals surface area (Å²) in [5.41, 5.74) is 2.81. The van der Waals surface area contributed by atoms with E-state index in [2.05, 4.69) is 20.3 Å². The molecule has 1 unspecified atom stereocenters. The summed E-state index contributed by atoms with van der Waals surface area (Å²) in [7, 11) is 0. The molecule has 11 heteroatoms. The summed E-state index contributed by atoms with van der Waals surface area (Å²) in [4.78, 5) is 23.4. The van der Waals surface area contributed by atoms with Crippen LogP contribution < -0.4 is 11.1 Å². The molecular weight excluding hydrogens is 387 g/mol. The highest BCUT2D eigenvalue weighted by Gasteiger charge is 2.46. The summed E-state index contributed by atoms with van der Waals surface area (Å²) in [6.07, 6.45) is -0.638. The van der Waals surface area contributed by atoms with Gasteiger partial charge in [0, 0.05) is 23.6 Å². The molecule has 1 atom stereocenters. The van der Waals surface area contributed by atoms with E-state index in [9.17, 15) is 18.0 Å². The monoisotopic (exact) mass is 399 g/mol. The number of hydrogen-bond acceptors (Lipinski definition) is 6. The molecule has 0 aliphatic carbocycles. The van der Waals surface area contributed by atoms with E-state index in [1.165, 1.54) is 18.5 Å². The van der Waals surface area contributed by atoms with E-state index in [0.717, 1.165) is 12.1 Å². The van der Waals surface area contributed by atoms with Gasteiger partial charge in [0.05, 0.1) is 11.6 Å². The second kappa shape index (κ2) is 7.49. The molecule has 3 rings (SSSR count). The number of nitrogens with two attached hydrogens (primary N) is 1. The first-order chi connectivity index (χ1) is 12.8. The Bertz CT molecular complexity index is 894. The highest BCUT2D eigenvalue weighted by Crippen LogP contribution is 2.37. The highest BCUT2D eigenvalue weighted by molar-refractivity contribution is 6.30. The van der Waals surface area contributed by atoms with Gasteiger partial charge in [-0.25, -0.2) is 23.1 Å². The lowest BCUT2D eigenvalue weighted by Gasteiger charge is -2.33. The minimum absolute atomic E-state index is 0.0503. The first-order valence-corrected chi connectivity index (χ1v) is 7.98. The molecule has 0 radical (unpaired) electrons. The first kappa shape index (κ1) is 19.1. The summed E-state index contributed by atoms with van der Waals surface area (Å²) in [6, 6.07) is 3.21. The van der Waals surface area contributed by atoms with Crippen molar-refractivity contribution in [2.45, 2.75) is 12.0 Å².